The normalized spacial score (nSPS) is 10.0. The third kappa shape index (κ3) is 4.55. The monoisotopic (exact) mass is 349 g/mol. The first-order chi connectivity index (χ1) is 11.0. The summed E-state index contributed by atoms with van der Waals surface area (Å²) < 4.78 is 0. The Morgan fingerprint density at radius 3 is 2.70 bits per heavy atom. The number of carbonyl (C=O) groups excluding carboxylic acids is 2. The zero-order valence-corrected chi connectivity index (χ0v) is 13.5. The largest absolute Gasteiger partial charge is 0.349 e. The number of benzene rings is 1. The van der Waals surface area contributed by atoms with Gasteiger partial charge in [0.1, 0.15) is 5.69 Å². The van der Waals surface area contributed by atoms with Gasteiger partial charge in [-0.3, -0.25) is 14.6 Å². The van der Waals surface area contributed by atoms with Crippen LogP contribution in [0.3, 0.4) is 0 Å². The van der Waals surface area contributed by atoms with E-state index >= 15 is 0 Å². The molecule has 0 saturated heterocycles. The van der Waals surface area contributed by atoms with Crippen molar-refractivity contribution in [2.75, 3.05) is 11.9 Å². The highest BCUT2D eigenvalue weighted by molar-refractivity contribution is 6.35. The molecule has 5 nitrogen and oxygen atoms in total. The number of amides is 2. The van der Waals surface area contributed by atoms with Gasteiger partial charge in [0.25, 0.3) is 11.8 Å². The fourth-order valence-electron chi connectivity index (χ4n) is 1.74. The van der Waals surface area contributed by atoms with Gasteiger partial charge in [0.05, 0.1) is 10.7 Å². The number of aromatic nitrogens is 1. The van der Waals surface area contributed by atoms with Crippen LogP contribution in [0, 0.1) is 0 Å². The van der Waals surface area contributed by atoms with E-state index in [0.29, 0.717) is 27.8 Å². The maximum Gasteiger partial charge on any atom is 0.274 e. The summed E-state index contributed by atoms with van der Waals surface area (Å²) in [7, 11) is 0. The zero-order valence-electron chi connectivity index (χ0n) is 12.0. The van der Waals surface area contributed by atoms with Crippen LogP contribution in [0.15, 0.2) is 49.2 Å². The second-order valence-electron chi connectivity index (χ2n) is 4.51. The summed E-state index contributed by atoms with van der Waals surface area (Å²) in [5, 5.41) is 6.03. The molecule has 0 unspecified atom stereocenters. The highest BCUT2D eigenvalue weighted by atomic mass is 35.5. The average Bonchev–Trinajstić information content (AvgIpc) is 2.56. The van der Waals surface area contributed by atoms with Gasteiger partial charge in [0.2, 0.25) is 0 Å². The van der Waals surface area contributed by atoms with Crippen molar-refractivity contribution in [3.63, 3.8) is 0 Å². The quantitative estimate of drug-likeness (QED) is 0.810. The Bertz CT molecular complexity index is 763. The van der Waals surface area contributed by atoms with E-state index in [-0.39, 0.29) is 11.6 Å². The molecule has 23 heavy (non-hydrogen) atoms. The summed E-state index contributed by atoms with van der Waals surface area (Å²) in [6, 6.07) is 7.63. The molecule has 1 aromatic heterocycles. The summed E-state index contributed by atoms with van der Waals surface area (Å²) in [5.74, 6) is -0.810. The predicted molar refractivity (Wildman–Crippen MR) is 91.2 cm³/mol. The topological polar surface area (TPSA) is 71.1 Å². The minimum atomic E-state index is -0.493. The Balaban J connectivity index is 2.18. The van der Waals surface area contributed by atoms with Gasteiger partial charge in [0, 0.05) is 23.3 Å². The number of halogens is 2. The third-order valence-electron chi connectivity index (χ3n) is 2.84. The van der Waals surface area contributed by atoms with Crippen molar-refractivity contribution < 1.29 is 9.59 Å². The fourth-order valence-corrected chi connectivity index (χ4v) is 2.08. The molecule has 1 aromatic carbocycles. The average molecular weight is 350 g/mol. The van der Waals surface area contributed by atoms with Crippen LogP contribution >= 0.6 is 23.2 Å². The van der Waals surface area contributed by atoms with Gasteiger partial charge in [-0.05, 0) is 30.3 Å². The van der Waals surface area contributed by atoms with Gasteiger partial charge >= 0.3 is 0 Å². The van der Waals surface area contributed by atoms with E-state index in [1.807, 2.05) is 0 Å². The molecule has 7 heteroatoms. The molecule has 0 aliphatic rings. The minimum Gasteiger partial charge on any atom is -0.349 e. The Hall–Kier alpha value is -2.37. The van der Waals surface area contributed by atoms with Crippen molar-refractivity contribution in [2.24, 2.45) is 0 Å². The number of carbonyl (C=O) groups is 2. The highest BCUT2D eigenvalue weighted by Crippen LogP contribution is 2.25. The SMILES string of the molecule is C=CCNC(=O)c1ccnc(C(=O)Nc2cc(Cl)ccc2Cl)c1. The smallest absolute Gasteiger partial charge is 0.274 e. The summed E-state index contributed by atoms with van der Waals surface area (Å²) >= 11 is 11.9. The second kappa shape index (κ2) is 7.76. The van der Waals surface area contributed by atoms with Crippen LogP contribution in [0.4, 0.5) is 5.69 Å². The molecule has 2 amide bonds. The Morgan fingerprint density at radius 1 is 1.17 bits per heavy atom. The molecule has 2 aromatic rings. The maximum atomic E-state index is 12.2. The Labute approximate surface area is 143 Å². The van der Waals surface area contributed by atoms with Crippen molar-refractivity contribution in [2.45, 2.75) is 0 Å². The lowest BCUT2D eigenvalue weighted by atomic mass is 10.2. The first kappa shape index (κ1) is 17.0. The molecule has 0 spiro atoms. The van der Waals surface area contributed by atoms with Gasteiger partial charge in [0.15, 0.2) is 0 Å². The molecule has 0 aliphatic carbocycles. The van der Waals surface area contributed by atoms with Crippen LogP contribution in [0.5, 0.6) is 0 Å². The van der Waals surface area contributed by atoms with Gasteiger partial charge < -0.3 is 10.6 Å². The van der Waals surface area contributed by atoms with Crippen molar-refractivity contribution >= 4 is 40.7 Å². The van der Waals surface area contributed by atoms with Gasteiger partial charge in [-0.25, -0.2) is 0 Å². The van der Waals surface area contributed by atoms with Crippen LogP contribution in [0.25, 0.3) is 0 Å². The second-order valence-corrected chi connectivity index (χ2v) is 5.35. The number of pyridine rings is 1. The number of hydrogen-bond donors (Lipinski definition) is 2. The number of rotatable bonds is 5. The van der Waals surface area contributed by atoms with Gasteiger partial charge in [-0.1, -0.05) is 29.3 Å². The minimum absolute atomic E-state index is 0.0901. The molecule has 0 saturated carbocycles. The van der Waals surface area contributed by atoms with E-state index in [1.165, 1.54) is 24.4 Å². The van der Waals surface area contributed by atoms with Gasteiger partial charge in [-0.15, -0.1) is 6.58 Å². The van der Waals surface area contributed by atoms with Crippen LogP contribution in [0.1, 0.15) is 20.8 Å². The standard InChI is InChI=1S/C16H13Cl2N3O2/c1-2-6-20-15(22)10-5-7-19-14(8-10)16(23)21-13-9-11(17)3-4-12(13)18/h2-5,7-9H,1,6H2,(H,20,22)(H,21,23). The molecule has 0 aliphatic heterocycles. The predicted octanol–water partition coefficient (Wildman–Crippen LogP) is 3.56. The summed E-state index contributed by atoms with van der Waals surface area (Å²) in [5.41, 5.74) is 0.781. The van der Waals surface area contributed by atoms with E-state index < -0.39 is 5.91 Å². The highest BCUT2D eigenvalue weighted by Gasteiger charge is 2.13. The van der Waals surface area contributed by atoms with E-state index in [4.69, 9.17) is 23.2 Å². The zero-order chi connectivity index (χ0) is 16.8. The van der Waals surface area contributed by atoms with Crippen molar-refractivity contribution in [1.29, 1.82) is 0 Å². The van der Waals surface area contributed by atoms with Crippen molar-refractivity contribution in [3.05, 3.63) is 70.5 Å². The van der Waals surface area contributed by atoms with E-state index in [2.05, 4.69) is 22.2 Å². The summed E-state index contributed by atoms with van der Waals surface area (Å²) in [4.78, 5) is 28.1. The molecule has 0 atom stereocenters. The van der Waals surface area contributed by atoms with E-state index in [0.717, 1.165) is 0 Å². The van der Waals surface area contributed by atoms with Crippen LogP contribution in [-0.4, -0.2) is 23.3 Å². The maximum absolute atomic E-state index is 12.2. The van der Waals surface area contributed by atoms with Crippen molar-refractivity contribution in [1.82, 2.24) is 10.3 Å². The molecule has 0 radical (unpaired) electrons. The fraction of sp³-hybridized carbons (Fsp3) is 0.0625. The summed E-state index contributed by atoms with van der Waals surface area (Å²) in [6.45, 7) is 3.85. The van der Waals surface area contributed by atoms with Crippen LogP contribution < -0.4 is 10.6 Å². The first-order valence-corrected chi connectivity index (χ1v) is 7.38. The number of anilines is 1. The van der Waals surface area contributed by atoms with Crippen LogP contribution in [-0.2, 0) is 0 Å². The van der Waals surface area contributed by atoms with E-state index in [1.54, 1.807) is 18.2 Å². The molecule has 2 rings (SSSR count). The Kier molecular flexibility index (Phi) is 5.73. The molecule has 118 valence electrons. The van der Waals surface area contributed by atoms with Crippen LogP contribution in [0.2, 0.25) is 10.0 Å². The number of nitrogens with one attached hydrogen (secondary N) is 2. The lowest BCUT2D eigenvalue weighted by molar-refractivity contribution is 0.0958. The first-order valence-electron chi connectivity index (χ1n) is 6.63. The lowest BCUT2D eigenvalue weighted by Crippen LogP contribution is -2.24. The molecular weight excluding hydrogens is 337 g/mol. The number of nitrogens with zero attached hydrogens (tertiary/aromatic N) is 1. The molecule has 1 heterocycles. The molecule has 0 bridgehead atoms. The summed E-state index contributed by atoms with van der Waals surface area (Å²) in [6.07, 6.45) is 2.95. The molecular formula is C16H13Cl2N3O2. The Morgan fingerprint density at radius 2 is 1.96 bits per heavy atom. The lowest BCUT2D eigenvalue weighted by Gasteiger charge is -2.08. The number of hydrogen-bond acceptors (Lipinski definition) is 3. The van der Waals surface area contributed by atoms with Crippen molar-refractivity contribution in [3.8, 4) is 0 Å². The molecule has 2 N–H and O–H groups in total. The molecule has 0 fully saturated rings. The third-order valence-corrected chi connectivity index (χ3v) is 3.40. The van der Waals surface area contributed by atoms with E-state index in [9.17, 15) is 9.59 Å². The van der Waals surface area contributed by atoms with Gasteiger partial charge in [-0.2, -0.15) is 0 Å².